The quantitative estimate of drug-likeness (QED) is 0.843. The van der Waals surface area contributed by atoms with Crippen molar-refractivity contribution in [3.8, 4) is 0 Å². The maximum atomic E-state index is 5.97. The first-order valence-electron chi connectivity index (χ1n) is 6.98. The van der Waals surface area contributed by atoms with Gasteiger partial charge in [0.25, 0.3) is 0 Å². The van der Waals surface area contributed by atoms with Crippen LogP contribution in [0, 0.1) is 0 Å². The summed E-state index contributed by atoms with van der Waals surface area (Å²) in [6.45, 7) is 6.30. The minimum Gasteiger partial charge on any atom is -0.367 e. The lowest BCUT2D eigenvalue weighted by atomic mass is 9.84. The largest absolute Gasteiger partial charge is 0.367 e. The topological polar surface area (TPSA) is 60.2 Å². The van der Waals surface area contributed by atoms with Crippen molar-refractivity contribution in [2.45, 2.75) is 58.1 Å². The first-order valence-corrected chi connectivity index (χ1v) is 6.98. The molecule has 2 rings (SSSR count). The third-order valence-electron chi connectivity index (χ3n) is 3.48. The summed E-state index contributed by atoms with van der Waals surface area (Å²) >= 11 is 0. The molecule has 0 spiro atoms. The summed E-state index contributed by atoms with van der Waals surface area (Å²) in [7, 11) is 0. The SMILES string of the molecule is CCNCc1nc(C2(OCC)CCCCC2)no1. The molecule has 0 bridgehead atoms. The van der Waals surface area contributed by atoms with E-state index in [2.05, 4.69) is 22.4 Å². The van der Waals surface area contributed by atoms with Crippen LogP contribution in [-0.2, 0) is 16.9 Å². The van der Waals surface area contributed by atoms with Crippen LogP contribution >= 0.6 is 0 Å². The summed E-state index contributed by atoms with van der Waals surface area (Å²) in [5.41, 5.74) is -0.305. The Bertz CT molecular complexity index is 353. The van der Waals surface area contributed by atoms with E-state index in [-0.39, 0.29) is 5.60 Å². The Hall–Kier alpha value is -0.940. The number of nitrogens with one attached hydrogen (secondary N) is 1. The Morgan fingerprint density at radius 2 is 2.06 bits per heavy atom. The number of rotatable bonds is 6. The van der Waals surface area contributed by atoms with E-state index in [0.29, 0.717) is 19.0 Å². The third-order valence-corrected chi connectivity index (χ3v) is 3.48. The minimum atomic E-state index is -0.305. The zero-order chi connectivity index (χ0) is 12.8. The van der Waals surface area contributed by atoms with E-state index < -0.39 is 0 Å². The van der Waals surface area contributed by atoms with Crippen molar-refractivity contribution in [2.24, 2.45) is 0 Å². The van der Waals surface area contributed by atoms with E-state index in [1.165, 1.54) is 19.3 Å². The van der Waals surface area contributed by atoms with E-state index in [1.54, 1.807) is 0 Å². The molecular weight excluding hydrogens is 230 g/mol. The number of nitrogens with zero attached hydrogens (tertiary/aromatic N) is 2. The molecule has 1 aliphatic rings. The lowest BCUT2D eigenvalue weighted by Gasteiger charge is -2.33. The highest BCUT2D eigenvalue weighted by Crippen LogP contribution is 2.38. The van der Waals surface area contributed by atoms with Gasteiger partial charge in [-0.3, -0.25) is 0 Å². The molecule has 0 radical (unpaired) electrons. The molecule has 0 atom stereocenters. The Morgan fingerprint density at radius 1 is 1.28 bits per heavy atom. The summed E-state index contributed by atoms with van der Waals surface area (Å²) < 4.78 is 11.3. The van der Waals surface area contributed by atoms with Crippen molar-refractivity contribution >= 4 is 0 Å². The van der Waals surface area contributed by atoms with Gasteiger partial charge in [-0.2, -0.15) is 4.98 Å². The first-order chi connectivity index (χ1) is 8.80. The lowest BCUT2D eigenvalue weighted by molar-refractivity contribution is -0.0777. The van der Waals surface area contributed by atoms with Gasteiger partial charge in [0, 0.05) is 6.61 Å². The van der Waals surface area contributed by atoms with Crippen molar-refractivity contribution < 1.29 is 9.26 Å². The fourth-order valence-electron chi connectivity index (χ4n) is 2.58. The van der Waals surface area contributed by atoms with Crippen LogP contribution in [0.5, 0.6) is 0 Å². The predicted molar refractivity (Wildman–Crippen MR) is 68.1 cm³/mol. The molecule has 1 aliphatic carbocycles. The molecule has 0 saturated heterocycles. The van der Waals surface area contributed by atoms with Crippen LogP contribution in [0.4, 0.5) is 0 Å². The molecule has 0 amide bonds. The van der Waals surface area contributed by atoms with E-state index in [0.717, 1.165) is 25.2 Å². The maximum Gasteiger partial charge on any atom is 0.240 e. The van der Waals surface area contributed by atoms with Gasteiger partial charge in [-0.25, -0.2) is 0 Å². The van der Waals surface area contributed by atoms with Gasteiger partial charge in [0.05, 0.1) is 6.54 Å². The van der Waals surface area contributed by atoms with Crippen molar-refractivity contribution in [1.82, 2.24) is 15.5 Å². The molecule has 0 aliphatic heterocycles. The molecule has 102 valence electrons. The highest BCUT2D eigenvalue weighted by molar-refractivity contribution is 5.03. The molecule has 1 aromatic heterocycles. The number of hydrogen-bond donors (Lipinski definition) is 1. The lowest BCUT2D eigenvalue weighted by Crippen LogP contribution is -2.33. The Kier molecular flexibility index (Phi) is 4.72. The summed E-state index contributed by atoms with van der Waals surface area (Å²) in [5.74, 6) is 1.38. The van der Waals surface area contributed by atoms with Gasteiger partial charge in [-0.15, -0.1) is 0 Å². The van der Waals surface area contributed by atoms with Crippen LogP contribution in [0.25, 0.3) is 0 Å². The van der Waals surface area contributed by atoms with Crippen LogP contribution in [0.3, 0.4) is 0 Å². The Balaban J connectivity index is 2.12. The summed E-state index contributed by atoms with van der Waals surface area (Å²) in [5, 5.41) is 7.32. The summed E-state index contributed by atoms with van der Waals surface area (Å²) in [6.07, 6.45) is 5.63. The highest BCUT2D eigenvalue weighted by Gasteiger charge is 2.39. The second kappa shape index (κ2) is 6.29. The summed E-state index contributed by atoms with van der Waals surface area (Å²) in [6, 6.07) is 0. The molecule has 1 saturated carbocycles. The normalized spacial score (nSPS) is 19.0. The molecule has 1 aromatic rings. The highest BCUT2D eigenvalue weighted by atomic mass is 16.5. The Morgan fingerprint density at radius 3 is 2.72 bits per heavy atom. The van der Waals surface area contributed by atoms with Crippen molar-refractivity contribution in [1.29, 1.82) is 0 Å². The van der Waals surface area contributed by atoms with Gasteiger partial charge in [0.1, 0.15) is 5.60 Å². The van der Waals surface area contributed by atoms with Crippen molar-refractivity contribution in [3.05, 3.63) is 11.7 Å². The molecule has 5 nitrogen and oxygen atoms in total. The Labute approximate surface area is 108 Å². The third kappa shape index (κ3) is 2.90. The van der Waals surface area contributed by atoms with Crippen molar-refractivity contribution in [2.75, 3.05) is 13.2 Å². The van der Waals surface area contributed by atoms with E-state index >= 15 is 0 Å². The monoisotopic (exact) mass is 253 g/mol. The smallest absolute Gasteiger partial charge is 0.240 e. The van der Waals surface area contributed by atoms with Crippen LogP contribution in [0.1, 0.15) is 57.7 Å². The van der Waals surface area contributed by atoms with Crippen LogP contribution in [-0.4, -0.2) is 23.3 Å². The molecular formula is C13H23N3O2. The second-order valence-electron chi connectivity index (χ2n) is 4.78. The summed E-state index contributed by atoms with van der Waals surface area (Å²) in [4.78, 5) is 4.50. The fourth-order valence-corrected chi connectivity index (χ4v) is 2.58. The zero-order valence-corrected chi connectivity index (χ0v) is 11.4. The standard InChI is InChI=1S/C13H23N3O2/c1-3-14-10-11-15-12(16-18-11)13(17-4-2)8-6-5-7-9-13/h14H,3-10H2,1-2H3. The predicted octanol–water partition coefficient (Wildman–Crippen LogP) is 2.38. The maximum absolute atomic E-state index is 5.97. The fraction of sp³-hybridized carbons (Fsp3) is 0.846. The van der Waals surface area contributed by atoms with E-state index in [9.17, 15) is 0 Å². The molecule has 1 fully saturated rings. The number of hydrogen-bond acceptors (Lipinski definition) is 5. The van der Waals surface area contributed by atoms with Crippen molar-refractivity contribution in [3.63, 3.8) is 0 Å². The molecule has 1 heterocycles. The van der Waals surface area contributed by atoms with Gasteiger partial charge < -0.3 is 14.6 Å². The molecule has 18 heavy (non-hydrogen) atoms. The van der Waals surface area contributed by atoms with Crippen LogP contribution < -0.4 is 5.32 Å². The van der Waals surface area contributed by atoms with E-state index in [4.69, 9.17) is 9.26 Å². The molecule has 5 heteroatoms. The first kappa shape index (κ1) is 13.5. The van der Waals surface area contributed by atoms with Gasteiger partial charge in [0.15, 0.2) is 0 Å². The minimum absolute atomic E-state index is 0.305. The van der Waals surface area contributed by atoms with Gasteiger partial charge in [-0.1, -0.05) is 31.3 Å². The number of aromatic nitrogens is 2. The van der Waals surface area contributed by atoms with Gasteiger partial charge in [-0.05, 0) is 26.3 Å². The molecule has 1 N–H and O–H groups in total. The zero-order valence-electron chi connectivity index (χ0n) is 11.4. The van der Waals surface area contributed by atoms with E-state index in [1.807, 2.05) is 6.92 Å². The van der Waals surface area contributed by atoms with Gasteiger partial charge in [0.2, 0.25) is 11.7 Å². The average Bonchev–Trinajstić information content (AvgIpc) is 2.87. The molecule has 0 aromatic carbocycles. The number of ether oxygens (including phenoxy) is 1. The second-order valence-corrected chi connectivity index (χ2v) is 4.78. The van der Waals surface area contributed by atoms with Crippen LogP contribution in [0.15, 0.2) is 4.52 Å². The van der Waals surface area contributed by atoms with Gasteiger partial charge >= 0.3 is 0 Å². The van der Waals surface area contributed by atoms with Crippen LogP contribution in [0.2, 0.25) is 0 Å². The average molecular weight is 253 g/mol. The molecule has 0 unspecified atom stereocenters.